The van der Waals surface area contributed by atoms with Crippen LogP contribution in [0.1, 0.15) is 12.0 Å². The lowest BCUT2D eigenvalue weighted by atomic mass is 9.93. The molecule has 4 heteroatoms. The Bertz CT molecular complexity index is 624. The minimum atomic E-state index is 0.0395. The number of benzene rings is 1. The minimum Gasteiger partial charge on any atom is -0.495 e. The van der Waals surface area contributed by atoms with Crippen LogP contribution < -0.4 is 10.1 Å². The van der Waals surface area contributed by atoms with Crippen molar-refractivity contribution in [3.63, 3.8) is 0 Å². The third-order valence-electron chi connectivity index (χ3n) is 3.35. The van der Waals surface area contributed by atoms with E-state index in [1.54, 1.807) is 19.5 Å². The first kappa shape index (κ1) is 11.7. The number of carbonyl (C=O) groups is 1. The third-order valence-corrected chi connectivity index (χ3v) is 3.35. The number of ether oxygens (including phenoxy) is 1. The van der Waals surface area contributed by atoms with Crippen LogP contribution in [0.3, 0.4) is 0 Å². The average Bonchev–Trinajstić information content (AvgIpc) is 2.47. The van der Waals surface area contributed by atoms with E-state index in [4.69, 9.17) is 4.74 Å². The van der Waals surface area contributed by atoms with Gasteiger partial charge in [-0.05, 0) is 41.3 Å². The lowest BCUT2D eigenvalue weighted by molar-refractivity contribution is -0.116. The summed E-state index contributed by atoms with van der Waals surface area (Å²) in [7, 11) is 1.61. The largest absolute Gasteiger partial charge is 0.495 e. The summed E-state index contributed by atoms with van der Waals surface area (Å²) in [6, 6.07) is 7.86. The van der Waals surface area contributed by atoms with Gasteiger partial charge in [0.1, 0.15) is 5.75 Å². The highest BCUT2D eigenvalue weighted by Crippen LogP contribution is 2.39. The molecule has 4 nitrogen and oxygen atoms in total. The van der Waals surface area contributed by atoms with Gasteiger partial charge in [0.2, 0.25) is 5.91 Å². The van der Waals surface area contributed by atoms with Gasteiger partial charge in [-0.3, -0.25) is 9.78 Å². The molecule has 0 unspecified atom stereocenters. The number of aromatic nitrogens is 1. The highest BCUT2D eigenvalue weighted by Gasteiger charge is 2.22. The van der Waals surface area contributed by atoms with E-state index < -0.39 is 0 Å². The number of methoxy groups -OCH3 is 1. The number of nitrogens with zero attached hydrogens (tertiary/aromatic N) is 1. The first-order valence-corrected chi connectivity index (χ1v) is 6.19. The van der Waals surface area contributed by atoms with Crippen molar-refractivity contribution >= 4 is 11.6 Å². The molecule has 0 atom stereocenters. The Kier molecular flexibility index (Phi) is 2.91. The van der Waals surface area contributed by atoms with E-state index >= 15 is 0 Å². The van der Waals surface area contributed by atoms with Gasteiger partial charge in [0.25, 0.3) is 0 Å². The topological polar surface area (TPSA) is 51.2 Å². The average molecular weight is 254 g/mol. The van der Waals surface area contributed by atoms with Gasteiger partial charge in [-0.15, -0.1) is 0 Å². The van der Waals surface area contributed by atoms with E-state index in [-0.39, 0.29) is 5.91 Å². The molecule has 0 spiro atoms. The van der Waals surface area contributed by atoms with Gasteiger partial charge in [-0.1, -0.05) is 6.07 Å². The van der Waals surface area contributed by atoms with E-state index in [1.807, 2.05) is 24.3 Å². The van der Waals surface area contributed by atoms with Crippen LogP contribution in [0.5, 0.6) is 5.75 Å². The molecule has 0 saturated carbocycles. The molecule has 1 amide bonds. The summed E-state index contributed by atoms with van der Waals surface area (Å²) >= 11 is 0. The standard InChI is InChI=1S/C15H14N2O2/c1-19-13-4-2-11(10-6-8-16-9-7-10)12-3-5-14(18)17-15(12)13/h2,4,6-9H,3,5H2,1H3,(H,17,18). The first-order valence-electron chi connectivity index (χ1n) is 6.19. The van der Waals surface area contributed by atoms with Gasteiger partial charge in [0.15, 0.2) is 0 Å². The fourth-order valence-electron chi connectivity index (χ4n) is 2.44. The second-order valence-electron chi connectivity index (χ2n) is 4.45. The number of hydrogen-bond acceptors (Lipinski definition) is 3. The Morgan fingerprint density at radius 2 is 1.95 bits per heavy atom. The van der Waals surface area contributed by atoms with E-state index in [1.165, 1.54) is 0 Å². The molecule has 1 aromatic carbocycles. The zero-order valence-electron chi connectivity index (χ0n) is 10.6. The van der Waals surface area contributed by atoms with Gasteiger partial charge < -0.3 is 10.1 Å². The van der Waals surface area contributed by atoms with Gasteiger partial charge in [-0.25, -0.2) is 0 Å². The number of nitrogens with one attached hydrogen (secondary N) is 1. The fourth-order valence-corrected chi connectivity index (χ4v) is 2.44. The zero-order valence-corrected chi connectivity index (χ0v) is 10.6. The molecule has 0 fully saturated rings. The number of amides is 1. The third kappa shape index (κ3) is 2.05. The molecule has 0 saturated heterocycles. The van der Waals surface area contributed by atoms with Crippen LogP contribution in [0, 0.1) is 0 Å². The number of carbonyl (C=O) groups excluding carboxylic acids is 1. The smallest absolute Gasteiger partial charge is 0.224 e. The van der Waals surface area contributed by atoms with Crippen molar-refractivity contribution in [1.29, 1.82) is 0 Å². The van der Waals surface area contributed by atoms with E-state index in [0.717, 1.165) is 28.8 Å². The summed E-state index contributed by atoms with van der Waals surface area (Å²) in [4.78, 5) is 15.6. The Labute approximate surface area is 111 Å². The minimum absolute atomic E-state index is 0.0395. The Hall–Kier alpha value is -2.36. The Morgan fingerprint density at radius 3 is 2.68 bits per heavy atom. The van der Waals surface area contributed by atoms with Gasteiger partial charge >= 0.3 is 0 Å². The SMILES string of the molecule is COc1ccc(-c2ccncc2)c2c1NC(=O)CC2. The molecule has 1 aromatic heterocycles. The number of hydrogen-bond donors (Lipinski definition) is 1. The monoisotopic (exact) mass is 254 g/mol. The summed E-state index contributed by atoms with van der Waals surface area (Å²) in [6.07, 6.45) is 4.79. The Balaban J connectivity index is 2.18. The van der Waals surface area contributed by atoms with Gasteiger partial charge in [0.05, 0.1) is 12.8 Å². The summed E-state index contributed by atoms with van der Waals surface area (Å²) in [5.41, 5.74) is 4.15. The number of pyridine rings is 1. The molecule has 1 N–H and O–H groups in total. The van der Waals surface area contributed by atoms with E-state index in [2.05, 4.69) is 10.3 Å². The van der Waals surface area contributed by atoms with Crippen molar-refractivity contribution in [2.75, 3.05) is 12.4 Å². The van der Waals surface area contributed by atoms with Crippen molar-refractivity contribution in [3.05, 3.63) is 42.2 Å². The molecule has 2 heterocycles. The molecular weight excluding hydrogens is 240 g/mol. The molecule has 0 bridgehead atoms. The van der Waals surface area contributed by atoms with E-state index in [0.29, 0.717) is 12.2 Å². The molecule has 19 heavy (non-hydrogen) atoms. The summed E-state index contributed by atoms with van der Waals surface area (Å²) in [6.45, 7) is 0. The normalized spacial score (nSPS) is 13.6. The molecule has 1 aliphatic rings. The predicted octanol–water partition coefficient (Wildman–Crippen LogP) is 2.64. The summed E-state index contributed by atoms with van der Waals surface area (Å²) in [5, 5.41) is 2.91. The molecule has 96 valence electrons. The van der Waals surface area contributed by atoms with E-state index in [9.17, 15) is 4.79 Å². The van der Waals surface area contributed by atoms with Crippen molar-refractivity contribution in [3.8, 4) is 16.9 Å². The van der Waals surface area contributed by atoms with Crippen molar-refractivity contribution in [2.24, 2.45) is 0 Å². The molecule has 3 rings (SSSR count). The quantitative estimate of drug-likeness (QED) is 0.896. The van der Waals surface area contributed by atoms with Crippen molar-refractivity contribution < 1.29 is 9.53 Å². The maximum absolute atomic E-state index is 11.6. The molecule has 2 aromatic rings. The molecular formula is C15H14N2O2. The van der Waals surface area contributed by atoms with Crippen LogP contribution in [0.4, 0.5) is 5.69 Å². The highest BCUT2D eigenvalue weighted by molar-refractivity contribution is 5.97. The molecule has 0 aliphatic carbocycles. The highest BCUT2D eigenvalue weighted by atomic mass is 16.5. The summed E-state index contributed by atoms with van der Waals surface area (Å²) < 4.78 is 5.32. The number of rotatable bonds is 2. The maximum Gasteiger partial charge on any atom is 0.224 e. The Morgan fingerprint density at radius 1 is 1.16 bits per heavy atom. The van der Waals surface area contributed by atoms with Crippen LogP contribution in [-0.2, 0) is 11.2 Å². The van der Waals surface area contributed by atoms with Crippen LogP contribution in [0.25, 0.3) is 11.1 Å². The molecule has 0 radical (unpaired) electrons. The van der Waals surface area contributed by atoms with Gasteiger partial charge in [0, 0.05) is 18.8 Å². The second kappa shape index (κ2) is 4.72. The van der Waals surface area contributed by atoms with Crippen LogP contribution in [0.2, 0.25) is 0 Å². The van der Waals surface area contributed by atoms with Crippen LogP contribution >= 0.6 is 0 Å². The number of anilines is 1. The van der Waals surface area contributed by atoms with Gasteiger partial charge in [-0.2, -0.15) is 0 Å². The second-order valence-corrected chi connectivity index (χ2v) is 4.45. The first-order chi connectivity index (χ1) is 9.29. The predicted molar refractivity (Wildman–Crippen MR) is 73.2 cm³/mol. The van der Waals surface area contributed by atoms with Crippen molar-refractivity contribution in [2.45, 2.75) is 12.8 Å². The van der Waals surface area contributed by atoms with Crippen LogP contribution in [0.15, 0.2) is 36.7 Å². The van der Waals surface area contributed by atoms with Crippen LogP contribution in [-0.4, -0.2) is 18.0 Å². The van der Waals surface area contributed by atoms with Crippen molar-refractivity contribution in [1.82, 2.24) is 4.98 Å². The zero-order chi connectivity index (χ0) is 13.2. The molecule has 1 aliphatic heterocycles. The lowest BCUT2D eigenvalue weighted by Crippen LogP contribution is -2.20. The lowest BCUT2D eigenvalue weighted by Gasteiger charge is -2.22. The summed E-state index contributed by atoms with van der Waals surface area (Å²) in [5.74, 6) is 0.749. The fraction of sp³-hybridized carbons (Fsp3) is 0.200. The maximum atomic E-state index is 11.6. The number of fused-ring (bicyclic) bond motifs is 1.